The number of rotatable bonds is 4. The highest BCUT2D eigenvalue weighted by Crippen LogP contribution is 2.25. The summed E-state index contributed by atoms with van der Waals surface area (Å²) in [6, 6.07) is 0. The van der Waals surface area contributed by atoms with Gasteiger partial charge in [-0.25, -0.2) is 0 Å². The van der Waals surface area contributed by atoms with Gasteiger partial charge >= 0.3 is 0 Å². The van der Waals surface area contributed by atoms with E-state index < -0.39 is 0 Å². The van der Waals surface area contributed by atoms with Gasteiger partial charge < -0.3 is 9.47 Å². The first-order chi connectivity index (χ1) is 6.38. The quantitative estimate of drug-likeness (QED) is 0.607. The summed E-state index contributed by atoms with van der Waals surface area (Å²) in [6.45, 7) is 7.05. The van der Waals surface area contributed by atoms with E-state index >= 15 is 0 Å². The zero-order valence-electron chi connectivity index (χ0n) is 8.37. The van der Waals surface area contributed by atoms with Gasteiger partial charge in [-0.2, -0.15) is 0 Å². The molecule has 2 heterocycles. The van der Waals surface area contributed by atoms with E-state index in [4.69, 9.17) is 9.47 Å². The minimum absolute atomic E-state index is 0.514. The molecule has 13 heavy (non-hydrogen) atoms. The number of nitrogens with zero attached hydrogens (tertiary/aromatic N) is 1. The molecule has 0 aromatic carbocycles. The Morgan fingerprint density at radius 1 is 1.31 bits per heavy atom. The van der Waals surface area contributed by atoms with Crippen molar-refractivity contribution in [3.63, 3.8) is 0 Å². The molecule has 2 bridgehead atoms. The third-order valence-electron chi connectivity index (χ3n) is 2.88. The summed E-state index contributed by atoms with van der Waals surface area (Å²) in [4.78, 5) is 2.47. The Labute approximate surface area is 80.0 Å². The van der Waals surface area contributed by atoms with E-state index in [2.05, 4.69) is 4.90 Å². The van der Waals surface area contributed by atoms with E-state index in [0.717, 1.165) is 32.8 Å². The van der Waals surface area contributed by atoms with Gasteiger partial charge in [-0.15, -0.1) is 0 Å². The van der Waals surface area contributed by atoms with Crippen molar-refractivity contribution in [3.8, 4) is 0 Å². The average Bonchev–Trinajstić information content (AvgIpc) is 2.46. The molecule has 0 N–H and O–H groups in total. The summed E-state index contributed by atoms with van der Waals surface area (Å²) < 4.78 is 11.1. The Hall–Kier alpha value is -0.120. The molecule has 0 aromatic rings. The van der Waals surface area contributed by atoms with Gasteiger partial charge in [-0.3, -0.25) is 4.90 Å². The van der Waals surface area contributed by atoms with Crippen LogP contribution >= 0.6 is 0 Å². The summed E-state index contributed by atoms with van der Waals surface area (Å²) in [5.41, 5.74) is 0. The fourth-order valence-corrected chi connectivity index (χ4v) is 2.22. The van der Waals surface area contributed by atoms with Crippen molar-refractivity contribution in [1.82, 2.24) is 4.90 Å². The van der Waals surface area contributed by atoms with Gasteiger partial charge in [0.1, 0.15) is 0 Å². The van der Waals surface area contributed by atoms with Crippen molar-refractivity contribution in [2.75, 3.05) is 32.8 Å². The van der Waals surface area contributed by atoms with Crippen molar-refractivity contribution in [3.05, 3.63) is 0 Å². The first-order valence-corrected chi connectivity index (χ1v) is 5.34. The number of ether oxygens (including phenoxy) is 2. The van der Waals surface area contributed by atoms with Crippen LogP contribution in [0.25, 0.3) is 0 Å². The van der Waals surface area contributed by atoms with Crippen molar-refractivity contribution >= 4 is 0 Å². The fourth-order valence-electron chi connectivity index (χ4n) is 2.22. The Kier molecular flexibility index (Phi) is 3.19. The van der Waals surface area contributed by atoms with Crippen molar-refractivity contribution in [2.45, 2.75) is 32.0 Å². The molecule has 0 radical (unpaired) electrons. The lowest BCUT2D eigenvalue weighted by Gasteiger charge is -2.31. The number of morpholine rings is 1. The first-order valence-electron chi connectivity index (χ1n) is 5.34. The van der Waals surface area contributed by atoms with Crippen molar-refractivity contribution in [2.24, 2.45) is 0 Å². The minimum atomic E-state index is 0.514. The molecule has 2 aliphatic heterocycles. The molecule has 76 valence electrons. The zero-order chi connectivity index (χ0) is 9.10. The van der Waals surface area contributed by atoms with Crippen LogP contribution in [0.3, 0.4) is 0 Å². The highest BCUT2D eigenvalue weighted by Gasteiger charge is 2.33. The summed E-state index contributed by atoms with van der Waals surface area (Å²) in [7, 11) is 0. The molecule has 3 nitrogen and oxygen atoms in total. The maximum Gasteiger partial charge on any atom is 0.0707 e. The van der Waals surface area contributed by atoms with Crippen LogP contribution in [0.15, 0.2) is 0 Å². The Morgan fingerprint density at radius 3 is 2.62 bits per heavy atom. The average molecular weight is 185 g/mol. The summed E-state index contributed by atoms with van der Waals surface area (Å²) in [5.74, 6) is 0. The van der Waals surface area contributed by atoms with Crippen LogP contribution in [0.1, 0.15) is 19.8 Å². The molecular weight excluding hydrogens is 166 g/mol. The molecule has 2 fully saturated rings. The van der Waals surface area contributed by atoms with Gasteiger partial charge in [-0.05, 0) is 19.8 Å². The lowest BCUT2D eigenvalue weighted by atomic mass is 10.2. The van der Waals surface area contributed by atoms with Gasteiger partial charge in [0.25, 0.3) is 0 Å². The third-order valence-corrected chi connectivity index (χ3v) is 2.88. The topological polar surface area (TPSA) is 21.7 Å². The summed E-state index contributed by atoms with van der Waals surface area (Å²) >= 11 is 0. The van der Waals surface area contributed by atoms with Crippen molar-refractivity contribution in [1.29, 1.82) is 0 Å². The van der Waals surface area contributed by atoms with E-state index in [0.29, 0.717) is 12.2 Å². The molecule has 3 heteroatoms. The maximum absolute atomic E-state index is 5.75. The second-order valence-corrected chi connectivity index (χ2v) is 3.91. The molecule has 2 aliphatic rings. The highest BCUT2D eigenvalue weighted by molar-refractivity contribution is 4.84. The Bertz CT molecular complexity index is 151. The zero-order valence-corrected chi connectivity index (χ0v) is 8.37. The van der Waals surface area contributed by atoms with Gasteiger partial charge in [0, 0.05) is 26.2 Å². The van der Waals surface area contributed by atoms with Gasteiger partial charge in [0.05, 0.1) is 18.8 Å². The van der Waals surface area contributed by atoms with Crippen LogP contribution in [0.4, 0.5) is 0 Å². The lowest BCUT2D eigenvalue weighted by molar-refractivity contribution is -0.0448. The van der Waals surface area contributed by atoms with E-state index in [1.807, 2.05) is 6.92 Å². The molecule has 0 aliphatic carbocycles. The van der Waals surface area contributed by atoms with Crippen LogP contribution in [0.2, 0.25) is 0 Å². The highest BCUT2D eigenvalue weighted by atomic mass is 16.5. The standard InChI is InChI=1S/C10H19NO2/c1-2-12-6-5-11-7-9-3-4-10(8-11)13-9/h9-10H,2-8H2,1H3. The predicted octanol–water partition coefficient (Wildman–Crippen LogP) is 0.886. The Morgan fingerprint density at radius 2 is 2.00 bits per heavy atom. The molecule has 0 spiro atoms. The molecule has 2 atom stereocenters. The summed E-state index contributed by atoms with van der Waals surface area (Å²) in [5, 5.41) is 0. The molecule has 2 rings (SSSR count). The monoisotopic (exact) mass is 185 g/mol. The van der Waals surface area contributed by atoms with Crippen LogP contribution in [0.5, 0.6) is 0 Å². The lowest BCUT2D eigenvalue weighted by Crippen LogP contribution is -2.43. The largest absolute Gasteiger partial charge is 0.380 e. The number of hydrogen-bond acceptors (Lipinski definition) is 3. The van der Waals surface area contributed by atoms with E-state index in [1.54, 1.807) is 0 Å². The number of likely N-dealkylation sites (tertiary alicyclic amines) is 1. The van der Waals surface area contributed by atoms with Crippen LogP contribution < -0.4 is 0 Å². The summed E-state index contributed by atoms with van der Waals surface area (Å²) in [6.07, 6.45) is 3.55. The molecule has 0 amide bonds. The second-order valence-electron chi connectivity index (χ2n) is 3.91. The molecular formula is C10H19NO2. The normalized spacial score (nSPS) is 33.9. The van der Waals surface area contributed by atoms with E-state index in [9.17, 15) is 0 Å². The second kappa shape index (κ2) is 4.40. The molecule has 0 saturated carbocycles. The molecule has 2 unspecified atom stereocenters. The molecule has 2 saturated heterocycles. The predicted molar refractivity (Wildman–Crippen MR) is 50.8 cm³/mol. The minimum Gasteiger partial charge on any atom is -0.380 e. The SMILES string of the molecule is CCOCCN1CC2CCC(C1)O2. The van der Waals surface area contributed by atoms with Crippen LogP contribution in [-0.4, -0.2) is 50.0 Å². The third kappa shape index (κ3) is 2.42. The van der Waals surface area contributed by atoms with Gasteiger partial charge in [0.2, 0.25) is 0 Å². The van der Waals surface area contributed by atoms with E-state index in [-0.39, 0.29) is 0 Å². The fraction of sp³-hybridized carbons (Fsp3) is 1.00. The number of fused-ring (bicyclic) bond motifs is 2. The first kappa shape index (κ1) is 9.44. The maximum atomic E-state index is 5.75. The van der Waals surface area contributed by atoms with Crippen LogP contribution in [0, 0.1) is 0 Å². The van der Waals surface area contributed by atoms with Gasteiger partial charge in [0.15, 0.2) is 0 Å². The van der Waals surface area contributed by atoms with Crippen LogP contribution in [-0.2, 0) is 9.47 Å². The smallest absolute Gasteiger partial charge is 0.0707 e. The number of hydrogen-bond donors (Lipinski definition) is 0. The molecule has 0 aromatic heterocycles. The Balaban J connectivity index is 1.69. The van der Waals surface area contributed by atoms with Gasteiger partial charge in [-0.1, -0.05) is 0 Å². The van der Waals surface area contributed by atoms with Crippen molar-refractivity contribution < 1.29 is 9.47 Å². The van der Waals surface area contributed by atoms with E-state index in [1.165, 1.54) is 12.8 Å².